The summed E-state index contributed by atoms with van der Waals surface area (Å²) in [4.78, 5) is 2.30. The molecule has 1 aliphatic heterocycles. The Morgan fingerprint density at radius 1 is 1.21 bits per heavy atom. The lowest BCUT2D eigenvalue weighted by molar-refractivity contribution is 0.623. The third kappa shape index (κ3) is 2.41. The van der Waals surface area contributed by atoms with Crippen molar-refractivity contribution in [1.82, 2.24) is 0 Å². The van der Waals surface area contributed by atoms with E-state index in [0.29, 0.717) is 0 Å². The summed E-state index contributed by atoms with van der Waals surface area (Å²) < 4.78 is 13.4. The molecule has 1 aliphatic rings. The minimum Gasteiger partial charge on any atom is -0.382 e. The van der Waals surface area contributed by atoms with E-state index in [1.807, 2.05) is 25.1 Å². The Labute approximate surface area is 112 Å². The van der Waals surface area contributed by atoms with Gasteiger partial charge in [0.15, 0.2) is 0 Å². The van der Waals surface area contributed by atoms with Crippen molar-refractivity contribution in [3.05, 3.63) is 59.4 Å². The van der Waals surface area contributed by atoms with E-state index in [-0.39, 0.29) is 5.82 Å². The molecule has 0 radical (unpaired) electrons. The van der Waals surface area contributed by atoms with Crippen molar-refractivity contribution in [1.29, 1.82) is 0 Å². The summed E-state index contributed by atoms with van der Waals surface area (Å²) in [6, 6.07) is 13.3. The van der Waals surface area contributed by atoms with Gasteiger partial charge >= 0.3 is 0 Å². The summed E-state index contributed by atoms with van der Waals surface area (Å²) in [7, 11) is 0. The van der Waals surface area contributed by atoms with Crippen molar-refractivity contribution in [2.24, 2.45) is 0 Å². The van der Waals surface area contributed by atoms with Crippen LogP contribution in [0.15, 0.2) is 42.5 Å². The van der Waals surface area contributed by atoms with Crippen LogP contribution in [0.2, 0.25) is 0 Å². The Balaban J connectivity index is 1.90. The highest BCUT2D eigenvalue weighted by Crippen LogP contribution is 2.30. The molecule has 3 heteroatoms. The lowest BCUT2D eigenvalue weighted by Crippen LogP contribution is -2.33. The molecule has 2 aromatic rings. The second kappa shape index (κ2) is 4.92. The van der Waals surface area contributed by atoms with Gasteiger partial charge in [-0.05, 0) is 42.3 Å². The second-order valence-corrected chi connectivity index (χ2v) is 4.94. The van der Waals surface area contributed by atoms with E-state index >= 15 is 0 Å². The van der Waals surface area contributed by atoms with E-state index in [1.165, 1.54) is 11.8 Å². The van der Waals surface area contributed by atoms with Gasteiger partial charge in [0.2, 0.25) is 0 Å². The summed E-state index contributed by atoms with van der Waals surface area (Å²) in [5.41, 5.74) is 4.54. The minimum absolute atomic E-state index is 0.163. The predicted octanol–water partition coefficient (Wildman–Crippen LogP) is 3.57. The first-order chi connectivity index (χ1) is 9.24. The molecule has 0 fully saturated rings. The molecule has 3 rings (SSSR count). The van der Waals surface area contributed by atoms with Crippen LogP contribution in [0.25, 0.3) is 0 Å². The summed E-state index contributed by atoms with van der Waals surface area (Å²) in [5, 5.41) is 3.39. The highest BCUT2D eigenvalue weighted by molar-refractivity contribution is 5.72. The van der Waals surface area contributed by atoms with Crippen LogP contribution < -0.4 is 10.2 Å². The van der Waals surface area contributed by atoms with E-state index in [2.05, 4.69) is 22.3 Å². The van der Waals surface area contributed by atoms with Crippen LogP contribution in [0.3, 0.4) is 0 Å². The maximum atomic E-state index is 13.4. The standard InChI is InChI=1S/C16H17FN2/c1-12-6-7-14(17)10-13(12)11-19-9-8-18-15-4-2-3-5-16(15)19/h2-7,10,18H,8-9,11H2,1H3. The average Bonchev–Trinajstić information content (AvgIpc) is 2.43. The largest absolute Gasteiger partial charge is 0.382 e. The van der Waals surface area contributed by atoms with Crippen LogP contribution in [-0.2, 0) is 6.54 Å². The summed E-state index contributed by atoms with van der Waals surface area (Å²) in [5.74, 6) is -0.163. The van der Waals surface area contributed by atoms with Crippen LogP contribution in [0.1, 0.15) is 11.1 Å². The molecule has 0 spiro atoms. The van der Waals surface area contributed by atoms with Crippen LogP contribution in [0.4, 0.5) is 15.8 Å². The number of rotatable bonds is 2. The number of hydrogen-bond acceptors (Lipinski definition) is 2. The first kappa shape index (κ1) is 12.0. The molecule has 0 aliphatic carbocycles. The van der Waals surface area contributed by atoms with Crippen molar-refractivity contribution in [2.75, 3.05) is 23.3 Å². The fourth-order valence-electron chi connectivity index (χ4n) is 2.53. The molecule has 98 valence electrons. The smallest absolute Gasteiger partial charge is 0.123 e. The molecule has 2 nitrogen and oxygen atoms in total. The first-order valence-corrected chi connectivity index (χ1v) is 6.57. The zero-order valence-corrected chi connectivity index (χ0v) is 11.0. The van der Waals surface area contributed by atoms with Crippen molar-refractivity contribution < 1.29 is 4.39 Å². The highest BCUT2D eigenvalue weighted by Gasteiger charge is 2.16. The Hall–Kier alpha value is -2.03. The van der Waals surface area contributed by atoms with E-state index in [0.717, 1.165) is 36.4 Å². The molecule has 0 bridgehead atoms. The summed E-state index contributed by atoms with van der Waals surface area (Å²) in [6.45, 7) is 4.64. The number of aryl methyl sites for hydroxylation is 1. The van der Waals surface area contributed by atoms with Crippen LogP contribution in [-0.4, -0.2) is 13.1 Å². The average molecular weight is 256 g/mol. The van der Waals surface area contributed by atoms with E-state index in [9.17, 15) is 4.39 Å². The van der Waals surface area contributed by atoms with Gasteiger partial charge in [-0.1, -0.05) is 18.2 Å². The van der Waals surface area contributed by atoms with Gasteiger partial charge in [0.05, 0.1) is 11.4 Å². The molecule has 0 atom stereocenters. The van der Waals surface area contributed by atoms with Gasteiger partial charge in [0.1, 0.15) is 5.82 Å². The van der Waals surface area contributed by atoms with E-state index in [4.69, 9.17) is 0 Å². The Morgan fingerprint density at radius 2 is 2.05 bits per heavy atom. The summed E-state index contributed by atoms with van der Waals surface area (Å²) in [6.07, 6.45) is 0. The molecule has 0 unspecified atom stereocenters. The van der Waals surface area contributed by atoms with Crippen LogP contribution in [0, 0.1) is 12.7 Å². The highest BCUT2D eigenvalue weighted by atomic mass is 19.1. The van der Waals surface area contributed by atoms with Gasteiger partial charge in [-0.15, -0.1) is 0 Å². The maximum Gasteiger partial charge on any atom is 0.123 e. The molecule has 0 saturated carbocycles. The third-order valence-corrected chi connectivity index (χ3v) is 3.61. The molecule has 1 N–H and O–H groups in total. The third-order valence-electron chi connectivity index (χ3n) is 3.61. The number of benzene rings is 2. The molecule has 0 amide bonds. The first-order valence-electron chi connectivity index (χ1n) is 6.57. The van der Waals surface area contributed by atoms with Crippen molar-refractivity contribution in [2.45, 2.75) is 13.5 Å². The number of hydrogen-bond donors (Lipinski definition) is 1. The maximum absolute atomic E-state index is 13.4. The van der Waals surface area contributed by atoms with Crippen LogP contribution >= 0.6 is 0 Å². The molecule has 0 saturated heterocycles. The fourth-order valence-corrected chi connectivity index (χ4v) is 2.53. The molecular formula is C16H17FN2. The SMILES string of the molecule is Cc1ccc(F)cc1CN1CCNc2ccccc21. The number of para-hydroxylation sites is 2. The number of nitrogens with zero attached hydrogens (tertiary/aromatic N) is 1. The molecule has 1 heterocycles. The molecule has 19 heavy (non-hydrogen) atoms. The van der Waals surface area contributed by atoms with Gasteiger partial charge in [0.25, 0.3) is 0 Å². The quantitative estimate of drug-likeness (QED) is 0.883. The normalized spacial score (nSPS) is 13.9. The molecule has 2 aromatic carbocycles. The number of nitrogens with one attached hydrogen (secondary N) is 1. The molecule has 0 aromatic heterocycles. The summed E-state index contributed by atoms with van der Waals surface area (Å²) >= 11 is 0. The number of anilines is 2. The zero-order chi connectivity index (χ0) is 13.2. The van der Waals surface area contributed by atoms with Crippen molar-refractivity contribution in [3.63, 3.8) is 0 Å². The van der Waals surface area contributed by atoms with E-state index in [1.54, 1.807) is 6.07 Å². The molecular weight excluding hydrogens is 239 g/mol. The topological polar surface area (TPSA) is 15.3 Å². The van der Waals surface area contributed by atoms with Gasteiger partial charge in [-0.25, -0.2) is 4.39 Å². The van der Waals surface area contributed by atoms with Gasteiger partial charge < -0.3 is 10.2 Å². The monoisotopic (exact) mass is 256 g/mol. The lowest BCUT2D eigenvalue weighted by atomic mass is 10.1. The van der Waals surface area contributed by atoms with Crippen molar-refractivity contribution >= 4 is 11.4 Å². The van der Waals surface area contributed by atoms with Crippen LogP contribution in [0.5, 0.6) is 0 Å². The fraction of sp³-hybridized carbons (Fsp3) is 0.250. The van der Waals surface area contributed by atoms with E-state index < -0.39 is 0 Å². The van der Waals surface area contributed by atoms with Gasteiger partial charge in [0, 0.05) is 19.6 Å². The van der Waals surface area contributed by atoms with Crippen molar-refractivity contribution in [3.8, 4) is 0 Å². The van der Waals surface area contributed by atoms with Gasteiger partial charge in [-0.2, -0.15) is 0 Å². The predicted molar refractivity (Wildman–Crippen MR) is 77.1 cm³/mol. The minimum atomic E-state index is -0.163. The number of halogens is 1. The van der Waals surface area contributed by atoms with Gasteiger partial charge in [-0.3, -0.25) is 0 Å². The Kier molecular flexibility index (Phi) is 3.11. The Morgan fingerprint density at radius 3 is 2.95 bits per heavy atom. The lowest BCUT2D eigenvalue weighted by Gasteiger charge is -2.32. The zero-order valence-electron chi connectivity index (χ0n) is 11.0. The number of fused-ring (bicyclic) bond motifs is 1. The Bertz CT molecular complexity index is 595. The second-order valence-electron chi connectivity index (χ2n) is 4.94.